The van der Waals surface area contributed by atoms with Crippen molar-refractivity contribution in [3.8, 4) is 16.9 Å². The Kier molecular flexibility index (Phi) is 6.16. The highest BCUT2D eigenvalue weighted by atomic mass is 32.1. The third-order valence-electron chi connectivity index (χ3n) is 5.92. The van der Waals surface area contributed by atoms with Gasteiger partial charge in [-0.3, -0.25) is 18.7 Å². The first kappa shape index (κ1) is 22.6. The molecule has 35 heavy (non-hydrogen) atoms. The SMILES string of the molecule is COc1ccc(-c2csc3c2c(=O)n(Cc2ccccc2)c(=O)n3CC(=O)c2ccccc2)cc1. The van der Waals surface area contributed by atoms with Crippen LogP contribution in [-0.2, 0) is 13.1 Å². The fourth-order valence-electron chi connectivity index (χ4n) is 4.09. The molecule has 5 rings (SSSR count). The summed E-state index contributed by atoms with van der Waals surface area (Å²) in [6.45, 7) is -0.0388. The molecule has 2 heterocycles. The zero-order valence-electron chi connectivity index (χ0n) is 19.0. The number of Topliss-reactive ketones (excluding diaryl/α,β-unsaturated/α-hetero) is 1. The summed E-state index contributed by atoms with van der Waals surface area (Å²) in [5, 5.41) is 2.29. The molecular weight excluding hydrogens is 460 g/mol. The quantitative estimate of drug-likeness (QED) is 0.312. The van der Waals surface area contributed by atoms with Gasteiger partial charge < -0.3 is 4.74 Å². The minimum atomic E-state index is -0.501. The molecule has 0 atom stereocenters. The molecule has 0 aliphatic rings. The topological polar surface area (TPSA) is 70.3 Å². The van der Waals surface area contributed by atoms with Crippen molar-refractivity contribution >= 4 is 27.3 Å². The van der Waals surface area contributed by atoms with E-state index in [-0.39, 0.29) is 24.4 Å². The van der Waals surface area contributed by atoms with Crippen LogP contribution in [0.4, 0.5) is 0 Å². The average Bonchev–Trinajstić information content (AvgIpc) is 3.35. The van der Waals surface area contributed by atoms with Gasteiger partial charge in [0.25, 0.3) is 5.56 Å². The van der Waals surface area contributed by atoms with Crippen LogP contribution in [0, 0.1) is 0 Å². The summed E-state index contributed by atoms with van der Waals surface area (Å²) in [5.74, 6) is 0.512. The monoisotopic (exact) mass is 482 g/mol. The highest BCUT2D eigenvalue weighted by molar-refractivity contribution is 7.17. The van der Waals surface area contributed by atoms with E-state index in [1.54, 1.807) is 31.4 Å². The van der Waals surface area contributed by atoms with Gasteiger partial charge in [-0.1, -0.05) is 72.8 Å². The van der Waals surface area contributed by atoms with Crippen molar-refractivity contribution in [2.24, 2.45) is 0 Å². The van der Waals surface area contributed by atoms with Crippen molar-refractivity contribution in [1.82, 2.24) is 9.13 Å². The highest BCUT2D eigenvalue weighted by Crippen LogP contribution is 2.32. The lowest BCUT2D eigenvalue weighted by Gasteiger charge is -2.13. The summed E-state index contributed by atoms with van der Waals surface area (Å²) in [5.41, 5.74) is 2.02. The first-order valence-electron chi connectivity index (χ1n) is 11.1. The standard InChI is InChI=1S/C28H22N2O4S/c1-34-22-14-12-20(13-15-22)23-18-35-27-25(23)26(32)29(16-19-8-4-2-5-9-19)28(33)30(27)17-24(31)21-10-6-3-7-11-21/h2-15,18H,16-17H2,1H3. The molecule has 6 nitrogen and oxygen atoms in total. The average molecular weight is 483 g/mol. The molecule has 0 saturated carbocycles. The Morgan fingerprint density at radius 1 is 0.857 bits per heavy atom. The number of benzene rings is 3. The molecule has 0 aliphatic heterocycles. The summed E-state index contributed by atoms with van der Waals surface area (Å²) < 4.78 is 7.90. The number of ether oxygens (including phenoxy) is 1. The second-order valence-electron chi connectivity index (χ2n) is 8.09. The normalized spacial score (nSPS) is 11.0. The molecule has 0 spiro atoms. The van der Waals surface area contributed by atoms with E-state index in [4.69, 9.17) is 4.74 Å². The van der Waals surface area contributed by atoms with Crippen molar-refractivity contribution in [2.75, 3.05) is 7.11 Å². The maximum atomic E-state index is 13.7. The van der Waals surface area contributed by atoms with Gasteiger partial charge in [-0.15, -0.1) is 11.3 Å². The summed E-state index contributed by atoms with van der Waals surface area (Å²) >= 11 is 1.29. The Balaban J connectivity index is 1.71. The Morgan fingerprint density at radius 3 is 2.17 bits per heavy atom. The number of nitrogens with zero attached hydrogens (tertiary/aromatic N) is 2. The van der Waals surface area contributed by atoms with Crippen molar-refractivity contribution in [3.63, 3.8) is 0 Å². The second kappa shape index (κ2) is 9.56. The molecule has 2 aromatic heterocycles. The number of carbonyl (C=O) groups excluding carboxylic acids is 1. The van der Waals surface area contributed by atoms with Crippen molar-refractivity contribution < 1.29 is 9.53 Å². The van der Waals surface area contributed by atoms with Crippen molar-refractivity contribution in [2.45, 2.75) is 13.1 Å². The lowest BCUT2D eigenvalue weighted by Crippen LogP contribution is -2.41. The van der Waals surface area contributed by atoms with Crippen LogP contribution in [0.15, 0.2) is 99.9 Å². The molecule has 0 saturated heterocycles. The van der Waals surface area contributed by atoms with Crippen LogP contribution in [0.5, 0.6) is 5.75 Å². The Hall–Kier alpha value is -4.23. The number of methoxy groups -OCH3 is 1. The van der Waals surface area contributed by atoms with Crippen LogP contribution in [0.25, 0.3) is 21.3 Å². The Bertz CT molecular complexity index is 1620. The number of rotatable bonds is 7. The Labute approximate surface area is 205 Å². The van der Waals surface area contributed by atoms with Crippen LogP contribution in [0.2, 0.25) is 0 Å². The third kappa shape index (κ3) is 4.34. The van der Waals surface area contributed by atoms with Gasteiger partial charge in [0.1, 0.15) is 10.6 Å². The fraction of sp³-hybridized carbons (Fsp3) is 0.107. The van der Waals surface area contributed by atoms with E-state index in [0.29, 0.717) is 21.5 Å². The van der Waals surface area contributed by atoms with E-state index in [0.717, 1.165) is 16.7 Å². The molecule has 5 aromatic rings. The third-order valence-corrected chi connectivity index (χ3v) is 6.92. The maximum absolute atomic E-state index is 13.7. The van der Waals surface area contributed by atoms with Gasteiger partial charge in [0, 0.05) is 16.5 Å². The number of ketones is 1. The zero-order valence-corrected chi connectivity index (χ0v) is 19.8. The van der Waals surface area contributed by atoms with Gasteiger partial charge in [-0.05, 0) is 23.3 Å². The predicted molar refractivity (Wildman–Crippen MR) is 139 cm³/mol. The van der Waals surface area contributed by atoms with Gasteiger partial charge in [-0.25, -0.2) is 4.79 Å². The molecule has 0 radical (unpaired) electrons. The Morgan fingerprint density at radius 2 is 1.51 bits per heavy atom. The predicted octanol–water partition coefficient (Wildman–Crippen LogP) is 4.83. The van der Waals surface area contributed by atoms with Gasteiger partial charge in [0.2, 0.25) is 0 Å². The first-order chi connectivity index (χ1) is 17.1. The molecule has 0 aliphatic carbocycles. The number of aromatic nitrogens is 2. The van der Waals surface area contributed by atoms with Crippen LogP contribution >= 0.6 is 11.3 Å². The summed E-state index contributed by atoms with van der Waals surface area (Å²) in [6.07, 6.45) is 0. The van der Waals surface area contributed by atoms with Crippen LogP contribution in [0.1, 0.15) is 15.9 Å². The van der Waals surface area contributed by atoms with Gasteiger partial charge >= 0.3 is 5.69 Å². The van der Waals surface area contributed by atoms with Crippen LogP contribution in [-0.4, -0.2) is 22.0 Å². The number of hydrogen-bond acceptors (Lipinski definition) is 5. The second-order valence-corrected chi connectivity index (χ2v) is 8.95. The van der Waals surface area contributed by atoms with Gasteiger partial charge in [0.15, 0.2) is 5.78 Å². The molecule has 0 N–H and O–H groups in total. The largest absolute Gasteiger partial charge is 0.497 e. The van der Waals surface area contributed by atoms with E-state index in [2.05, 4.69) is 0 Å². The number of hydrogen-bond donors (Lipinski definition) is 0. The lowest BCUT2D eigenvalue weighted by atomic mass is 10.1. The molecule has 7 heteroatoms. The molecule has 0 fully saturated rings. The molecular formula is C28H22N2O4S. The molecule has 0 amide bonds. The van der Waals surface area contributed by atoms with E-state index in [1.807, 2.05) is 66.0 Å². The van der Waals surface area contributed by atoms with Crippen LogP contribution < -0.4 is 16.0 Å². The van der Waals surface area contributed by atoms with Crippen LogP contribution in [0.3, 0.4) is 0 Å². The number of thiophene rings is 1. The number of fused-ring (bicyclic) bond motifs is 1. The van der Waals surface area contributed by atoms with E-state index < -0.39 is 5.69 Å². The minimum absolute atomic E-state index is 0.117. The van der Waals surface area contributed by atoms with Crippen molar-refractivity contribution in [3.05, 3.63) is 122 Å². The maximum Gasteiger partial charge on any atom is 0.332 e. The van der Waals surface area contributed by atoms with E-state index in [1.165, 1.54) is 20.5 Å². The molecule has 3 aromatic carbocycles. The summed E-state index contributed by atoms with van der Waals surface area (Å²) in [6, 6.07) is 25.6. The minimum Gasteiger partial charge on any atom is -0.497 e. The lowest BCUT2D eigenvalue weighted by molar-refractivity contribution is 0.0971. The molecule has 0 unspecified atom stereocenters. The van der Waals surface area contributed by atoms with E-state index >= 15 is 0 Å². The van der Waals surface area contributed by atoms with E-state index in [9.17, 15) is 14.4 Å². The highest BCUT2D eigenvalue weighted by Gasteiger charge is 2.21. The zero-order chi connectivity index (χ0) is 24.4. The summed E-state index contributed by atoms with van der Waals surface area (Å²) in [7, 11) is 1.60. The molecule has 0 bridgehead atoms. The first-order valence-corrected chi connectivity index (χ1v) is 12.0. The van der Waals surface area contributed by atoms with Crippen molar-refractivity contribution in [1.29, 1.82) is 0 Å². The summed E-state index contributed by atoms with van der Waals surface area (Å²) in [4.78, 5) is 40.8. The molecule has 174 valence electrons. The fourth-order valence-corrected chi connectivity index (χ4v) is 5.16. The smallest absolute Gasteiger partial charge is 0.332 e. The van der Waals surface area contributed by atoms with Gasteiger partial charge in [0.05, 0.1) is 25.6 Å². The van der Waals surface area contributed by atoms with Gasteiger partial charge in [-0.2, -0.15) is 0 Å². The number of carbonyl (C=O) groups is 1.